The Kier molecular flexibility index (Phi) is 6.34. The maximum absolute atomic E-state index is 13.8. The molecule has 1 aliphatic carbocycles. The summed E-state index contributed by atoms with van der Waals surface area (Å²) in [6, 6.07) is 9.63. The normalized spacial score (nSPS) is 27.9. The molecule has 2 rings (SSSR count). The van der Waals surface area contributed by atoms with Gasteiger partial charge < -0.3 is 4.52 Å². The zero-order valence-corrected chi connectivity index (χ0v) is 17.0. The molecule has 0 bridgehead atoms. The van der Waals surface area contributed by atoms with Crippen molar-refractivity contribution in [1.29, 1.82) is 0 Å². The Labute approximate surface area is 148 Å². The van der Waals surface area contributed by atoms with Crippen LogP contribution in [-0.4, -0.2) is 11.6 Å². The van der Waals surface area contributed by atoms with Crippen LogP contribution in [-0.2, 0) is 9.09 Å². The van der Waals surface area contributed by atoms with E-state index >= 15 is 0 Å². The Morgan fingerprint density at radius 2 is 1.79 bits per heavy atom. The van der Waals surface area contributed by atoms with E-state index in [4.69, 9.17) is 4.52 Å². The Balaban J connectivity index is 2.32. The molecule has 0 amide bonds. The highest BCUT2D eigenvalue weighted by molar-refractivity contribution is 7.65. The lowest BCUT2D eigenvalue weighted by Gasteiger charge is -2.40. The summed E-state index contributed by atoms with van der Waals surface area (Å²) in [6.45, 7) is 12.9. The van der Waals surface area contributed by atoms with E-state index in [1.807, 2.05) is 51.1 Å². The van der Waals surface area contributed by atoms with E-state index in [1.54, 1.807) is 0 Å². The van der Waals surface area contributed by atoms with Crippen molar-refractivity contribution >= 4 is 12.8 Å². The molecule has 4 atom stereocenters. The quantitative estimate of drug-likeness (QED) is 0.725. The van der Waals surface area contributed by atoms with Crippen LogP contribution in [0.1, 0.15) is 60.8 Å². The van der Waals surface area contributed by atoms with Crippen molar-refractivity contribution in [3.8, 4) is 0 Å². The predicted octanol–water partition coefficient (Wildman–Crippen LogP) is 5.37. The molecule has 1 aliphatic rings. The van der Waals surface area contributed by atoms with Crippen molar-refractivity contribution in [3.63, 3.8) is 0 Å². The maximum Gasteiger partial charge on any atom is 0.300 e. The molecule has 4 heteroatoms. The lowest BCUT2D eigenvalue weighted by Crippen LogP contribution is -2.41. The van der Waals surface area contributed by atoms with Gasteiger partial charge in [0.05, 0.1) is 11.4 Å². The van der Waals surface area contributed by atoms with Gasteiger partial charge in [-0.3, -0.25) is 4.57 Å². The molecule has 0 radical (unpaired) electrons. The van der Waals surface area contributed by atoms with Crippen molar-refractivity contribution in [3.05, 3.63) is 30.3 Å². The first-order chi connectivity index (χ1) is 11.1. The molecule has 0 aromatic heterocycles. The summed E-state index contributed by atoms with van der Waals surface area (Å²) in [6.07, 6.45) is 3.44. The lowest BCUT2D eigenvalue weighted by atomic mass is 9.75. The van der Waals surface area contributed by atoms with Crippen LogP contribution in [0.3, 0.4) is 0 Å². The highest BCUT2D eigenvalue weighted by atomic mass is 31.2. The summed E-state index contributed by atoms with van der Waals surface area (Å²) in [4.78, 5) is 0. The summed E-state index contributed by atoms with van der Waals surface area (Å²) < 4.78 is 20.3. The van der Waals surface area contributed by atoms with Crippen molar-refractivity contribution in [2.45, 2.75) is 72.4 Å². The van der Waals surface area contributed by atoms with Gasteiger partial charge in [0.2, 0.25) is 0 Å². The van der Waals surface area contributed by atoms with Crippen molar-refractivity contribution in [2.24, 2.45) is 17.8 Å². The van der Waals surface area contributed by atoms with E-state index in [9.17, 15) is 4.57 Å². The Morgan fingerprint density at radius 1 is 1.17 bits per heavy atom. The second-order valence-electron chi connectivity index (χ2n) is 8.72. The number of hydrogen-bond donors (Lipinski definition) is 1. The van der Waals surface area contributed by atoms with Crippen LogP contribution in [0.25, 0.3) is 0 Å². The van der Waals surface area contributed by atoms with Gasteiger partial charge in [-0.05, 0) is 63.5 Å². The molecule has 0 spiro atoms. The highest BCUT2D eigenvalue weighted by Crippen LogP contribution is 2.49. The summed E-state index contributed by atoms with van der Waals surface area (Å²) in [7, 11) is -3.12. The van der Waals surface area contributed by atoms with Gasteiger partial charge in [0.1, 0.15) is 0 Å². The minimum absolute atomic E-state index is 0.0506. The maximum atomic E-state index is 13.8. The van der Waals surface area contributed by atoms with E-state index in [1.165, 1.54) is 6.42 Å². The zero-order chi connectivity index (χ0) is 18.0. The van der Waals surface area contributed by atoms with Gasteiger partial charge in [-0.25, -0.2) is 5.09 Å². The summed E-state index contributed by atoms with van der Waals surface area (Å²) in [5.74, 6) is 1.64. The number of benzene rings is 1. The molecule has 0 heterocycles. The van der Waals surface area contributed by atoms with Crippen LogP contribution in [0.4, 0.5) is 0 Å². The molecular weight excluding hydrogens is 317 g/mol. The lowest BCUT2D eigenvalue weighted by molar-refractivity contribution is 0.0474. The first-order valence-electron chi connectivity index (χ1n) is 9.24. The fraction of sp³-hybridized carbons (Fsp3) is 0.700. The van der Waals surface area contributed by atoms with E-state index in [0.29, 0.717) is 17.8 Å². The Morgan fingerprint density at radius 3 is 2.33 bits per heavy atom. The van der Waals surface area contributed by atoms with Crippen molar-refractivity contribution < 1.29 is 9.09 Å². The Hall–Kier alpha value is -0.630. The van der Waals surface area contributed by atoms with E-state index in [2.05, 4.69) is 25.9 Å². The van der Waals surface area contributed by atoms with Gasteiger partial charge in [-0.15, -0.1) is 0 Å². The second kappa shape index (κ2) is 7.72. The zero-order valence-electron chi connectivity index (χ0n) is 16.1. The first-order valence-corrected chi connectivity index (χ1v) is 10.9. The van der Waals surface area contributed by atoms with E-state index in [0.717, 1.165) is 18.1 Å². The van der Waals surface area contributed by atoms with Gasteiger partial charge in [-0.1, -0.05) is 45.4 Å². The van der Waals surface area contributed by atoms with Crippen LogP contribution >= 0.6 is 7.52 Å². The predicted molar refractivity (Wildman–Crippen MR) is 103 cm³/mol. The van der Waals surface area contributed by atoms with Gasteiger partial charge >= 0.3 is 0 Å². The monoisotopic (exact) mass is 351 g/mol. The second-order valence-corrected chi connectivity index (χ2v) is 10.8. The van der Waals surface area contributed by atoms with Gasteiger partial charge in [0.25, 0.3) is 7.52 Å². The van der Waals surface area contributed by atoms with E-state index in [-0.39, 0.29) is 11.6 Å². The minimum Gasteiger partial charge on any atom is -0.311 e. The number of nitrogens with one attached hydrogen (secondary N) is 1. The molecule has 0 saturated heterocycles. The SMILES string of the molecule is CC(C)[C@H]1CC[C@@H](C)C[C@@H]1O[P@@](=O)(NC(C)(C)C)c1ccccc1. The molecule has 1 fully saturated rings. The molecule has 1 N–H and O–H groups in total. The van der Waals surface area contributed by atoms with Gasteiger partial charge in [0.15, 0.2) is 0 Å². The molecule has 24 heavy (non-hydrogen) atoms. The third-order valence-electron chi connectivity index (χ3n) is 4.82. The topological polar surface area (TPSA) is 38.3 Å². The van der Waals surface area contributed by atoms with Crippen LogP contribution < -0.4 is 10.4 Å². The summed E-state index contributed by atoms with van der Waals surface area (Å²) >= 11 is 0. The third-order valence-corrected chi connectivity index (χ3v) is 7.33. The van der Waals surface area contributed by atoms with Crippen molar-refractivity contribution in [1.82, 2.24) is 5.09 Å². The third kappa shape index (κ3) is 5.18. The molecule has 0 aliphatic heterocycles. The van der Waals surface area contributed by atoms with Crippen molar-refractivity contribution in [2.75, 3.05) is 0 Å². The fourth-order valence-corrected chi connectivity index (χ4v) is 6.02. The van der Waals surface area contributed by atoms with Crippen LogP contribution in [0.5, 0.6) is 0 Å². The average molecular weight is 351 g/mol. The molecule has 0 unspecified atom stereocenters. The molecular formula is C20H34NO2P. The summed E-state index contributed by atoms with van der Waals surface area (Å²) in [5, 5.41) is 4.07. The van der Waals surface area contributed by atoms with Crippen LogP contribution in [0.15, 0.2) is 30.3 Å². The average Bonchev–Trinajstić information content (AvgIpc) is 2.46. The smallest absolute Gasteiger partial charge is 0.300 e. The fourth-order valence-electron chi connectivity index (χ4n) is 3.64. The number of hydrogen-bond acceptors (Lipinski definition) is 2. The standard InChI is InChI=1S/C20H34NO2P/c1-15(2)18-13-12-16(3)14-19(18)23-24(22,21-20(4,5)6)17-10-8-7-9-11-17/h7-11,15-16,18-19H,12-14H2,1-6H3,(H,21,22)/t16-,18-,19+,24-/m1/s1. The van der Waals surface area contributed by atoms with Gasteiger partial charge in [-0.2, -0.15) is 0 Å². The Bertz CT molecular complexity index is 565. The van der Waals surface area contributed by atoms with Crippen LogP contribution in [0, 0.1) is 17.8 Å². The molecule has 136 valence electrons. The van der Waals surface area contributed by atoms with Gasteiger partial charge in [0, 0.05) is 5.54 Å². The van der Waals surface area contributed by atoms with Crippen LogP contribution in [0.2, 0.25) is 0 Å². The largest absolute Gasteiger partial charge is 0.311 e. The van der Waals surface area contributed by atoms with E-state index < -0.39 is 7.52 Å². The molecule has 1 aromatic carbocycles. The number of rotatable bonds is 5. The molecule has 1 aromatic rings. The first kappa shape index (κ1) is 19.7. The molecule has 3 nitrogen and oxygen atoms in total. The summed E-state index contributed by atoms with van der Waals surface area (Å²) in [5.41, 5.74) is -0.279. The highest BCUT2D eigenvalue weighted by Gasteiger charge is 2.39. The molecule has 1 saturated carbocycles. The minimum atomic E-state index is -3.12.